The summed E-state index contributed by atoms with van der Waals surface area (Å²) in [6.45, 7) is 2.94. The van der Waals surface area contributed by atoms with Crippen LogP contribution in [0.4, 0.5) is 5.69 Å². The van der Waals surface area contributed by atoms with Gasteiger partial charge in [0.15, 0.2) is 0 Å². The molecule has 0 saturated carbocycles. The van der Waals surface area contributed by atoms with Crippen LogP contribution in [0, 0.1) is 0 Å². The SMILES string of the molecule is CCCCCCCCOc1ccc(C(=O)N/N=C/c2ccc(N(C)C)cc2)cc1. The number of amides is 1. The third-order valence-corrected chi connectivity index (χ3v) is 4.67. The Bertz CT molecular complexity index is 753. The number of benzene rings is 2. The maximum absolute atomic E-state index is 12.2. The van der Waals surface area contributed by atoms with Crippen LogP contribution in [-0.4, -0.2) is 32.8 Å². The zero-order chi connectivity index (χ0) is 20.9. The van der Waals surface area contributed by atoms with E-state index in [0.29, 0.717) is 12.2 Å². The number of hydrogen-bond acceptors (Lipinski definition) is 4. The average molecular weight is 396 g/mol. The molecule has 0 heterocycles. The molecule has 2 rings (SSSR count). The van der Waals surface area contributed by atoms with E-state index >= 15 is 0 Å². The number of nitrogens with one attached hydrogen (secondary N) is 1. The van der Waals surface area contributed by atoms with E-state index < -0.39 is 0 Å². The topological polar surface area (TPSA) is 53.9 Å². The zero-order valence-corrected chi connectivity index (χ0v) is 17.9. The van der Waals surface area contributed by atoms with Crippen LogP contribution < -0.4 is 15.1 Å². The summed E-state index contributed by atoms with van der Waals surface area (Å²) in [6.07, 6.45) is 9.07. The summed E-state index contributed by atoms with van der Waals surface area (Å²) in [5, 5.41) is 4.04. The van der Waals surface area contributed by atoms with Crippen molar-refractivity contribution >= 4 is 17.8 Å². The van der Waals surface area contributed by atoms with Crippen LogP contribution in [0.5, 0.6) is 5.75 Å². The molecule has 0 aromatic heterocycles. The van der Waals surface area contributed by atoms with Gasteiger partial charge in [-0.2, -0.15) is 5.10 Å². The molecule has 0 unspecified atom stereocenters. The molecule has 0 saturated heterocycles. The van der Waals surface area contributed by atoms with Crippen molar-refractivity contribution in [1.82, 2.24) is 5.43 Å². The zero-order valence-electron chi connectivity index (χ0n) is 17.9. The molecular formula is C24H33N3O2. The molecule has 5 nitrogen and oxygen atoms in total. The van der Waals surface area contributed by atoms with Crippen molar-refractivity contribution in [1.29, 1.82) is 0 Å². The lowest BCUT2D eigenvalue weighted by Gasteiger charge is -2.11. The molecule has 0 aliphatic carbocycles. The minimum atomic E-state index is -0.242. The third kappa shape index (κ3) is 8.38. The van der Waals surface area contributed by atoms with E-state index in [0.717, 1.165) is 23.4 Å². The Morgan fingerprint density at radius 3 is 2.28 bits per heavy atom. The Labute approximate surface area is 174 Å². The molecule has 0 spiro atoms. The number of anilines is 1. The van der Waals surface area contributed by atoms with Crippen LogP contribution in [-0.2, 0) is 0 Å². The predicted octanol–water partition coefficient (Wildman–Crippen LogP) is 5.26. The van der Waals surface area contributed by atoms with Crippen LogP contribution in [0.15, 0.2) is 53.6 Å². The minimum Gasteiger partial charge on any atom is -0.494 e. The van der Waals surface area contributed by atoms with Crippen LogP contribution in [0.3, 0.4) is 0 Å². The maximum Gasteiger partial charge on any atom is 0.271 e. The van der Waals surface area contributed by atoms with Gasteiger partial charge in [-0.25, -0.2) is 5.43 Å². The van der Waals surface area contributed by atoms with Gasteiger partial charge < -0.3 is 9.64 Å². The average Bonchev–Trinajstić information content (AvgIpc) is 2.74. The summed E-state index contributed by atoms with van der Waals surface area (Å²) in [5.41, 5.74) is 5.15. The van der Waals surface area contributed by atoms with E-state index in [-0.39, 0.29) is 5.91 Å². The van der Waals surface area contributed by atoms with Gasteiger partial charge in [0.25, 0.3) is 5.91 Å². The van der Waals surface area contributed by atoms with E-state index in [9.17, 15) is 4.79 Å². The number of nitrogens with zero attached hydrogens (tertiary/aromatic N) is 2. The quantitative estimate of drug-likeness (QED) is 0.303. The molecule has 5 heteroatoms. The van der Waals surface area contributed by atoms with Crippen molar-refractivity contribution in [3.63, 3.8) is 0 Å². The van der Waals surface area contributed by atoms with Gasteiger partial charge in [-0.15, -0.1) is 0 Å². The Balaban J connectivity index is 1.72. The van der Waals surface area contributed by atoms with E-state index in [1.807, 2.05) is 55.4 Å². The highest BCUT2D eigenvalue weighted by molar-refractivity contribution is 5.95. The Kier molecular flexibility index (Phi) is 9.76. The van der Waals surface area contributed by atoms with Gasteiger partial charge in [-0.3, -0.25) is 4.79 Å². The van der Waals surface area contributed by atoms with E-state index in [1.165, 1.54) is 32.1 Å². The highest BCUT2D eigenvalue weighted by Gasteiger charge is 2.04. The molecular weight excluding hydrogens is 362 g/mol. The second-order valence-corrected chi connectivity index (χ2v) is 7.33. The summed E-state index contributed by atoms with van der Waals surface area (Å²) in [5.74, 6) is 0.549. The Hall–Kier alpha value is -2.82. The van der Waals surface area contributed by atoms with E-state index in [4.69, 9.17) is 4.74 Å². The number of carbonyl (C=O) groups excluding carboxylic acids is 1. The highest BCUT2D eigenvalue weighted by Crippen LogP contribution is 2.14. The summed E-state index contributed by atoms with van der Waals surface area (Å²) in [7, 11) is 3.99. The number of rotatable bonds is 12. The van der Waals surface area contributed by atoms with Gasteiger partial charge in [0.2, 0.25) is 0 Å². The first-order valence-electron chi connectivity index (χ1n) is 10.4. The molecule has 0 radical (unpaired) electrons. The first-order chi connectivity index (χ1) is 14.1. The van der Waals surface area contributed by atoms with Crippen LogP contribution >= 0.6 is 0 Å². The van der Waals surface area contributed by atoms with Gasteiger partial charge in [0.1, 0.15) is 5.75 Å². The van der Waals surface area contributed by atoms with Gasteiger partial charge in [0.05, 0.1) is 12.8 Å². The summed E-state index contributed by atoms with van der Waals surface area (Å²) < 4.78 is 5.75. The Morgan fingerprint density at radius 1 is 0.966 bits per heavy atom. The molecule has 0 aliphatic heterocycles. The van der Waals surface area contributed by atoms with Crippen molar-refractivity contribution in [3.05, 3.63) is 59.7 Å². The standard InChI is InChI=1S/C24H33N3O2/c1-4-5-6-7-8-9-18-29-23-16-12-21(13-17-23)24(28)26-25-19-20-10-14-22(15-11-20)27(2)3/h10-17,19H,4-9,18H2,1-3H3,(H,26,28)/b25-19+. The summed E-state index contributed by atoms with van der Waals surface area (Å²) in [6, 6.07) is 15.1. The first kappa shape index (κ1) is 22.5. The molecule has 1 amide bonds. The van der Waals surface area contributed by atoms with Crippen molar-refractivity contribution < 1.29 is 9.53 Å². The number of hydrogen-bond donors (Lipinski definition) is 1. The van der Waals surface area contributed by atoms with Gasteiger partial charge in [-0.05, 0) is 48.4 Å². The van der Waals surface area contributed by atoms with E-state index in [1.54, 1.807) is 18.3 Å². The molecule has 0 atom stereocenters. The van der Waals surface area contributed by atoms with Crippen LogP contribution in [0.25, 0.3) is 0 Å². The summed E-state index contributed by atoms with van der Waals surface area (Å²) in [4.78, 5) is 14.2. The van der Waals surface area contributed by atoms with Crippen LogP contribution in [0.2, 0.25) is 0 Å². The van der Waals surface area contributed by atoms with Crippen molar-refractivity contribution in [2.45, 2.75) is 45.4 Å². The molecule has 29 heavy (non-hydrogen) atoms. The van der Waals surface area contributed by atoms with Crippen molar-refractivity contribution in [3.8, 4) is 5.75 Å². The van der Waals surface area contributed by atoms with Crippen molar-refractivity contribution in [2.24, 2.45) is 5.10 Å². The second kappa shape index (κ2) is 12.6. The highest BCUT2D eigenvalue weighted by atomic mass is 16.5. The second-order valence-electron chi connectivity index (χ2n) is 7.33. The largest absolute Gasteiger partial charge is 0.494 e. The first-order valence-corrected chi connectivity index (χ1v) is 10.4. The number of unbranched alkanes of at least 4 members (excludes halogenated alkanes) is 5. The Morgan fingerprint density at radius 2 is 1.62 bits per heavy atom. The van der Waals surface area contributed by atoms with Crippen LogP contribution in [0.1, 0.15) is 61.4 Å². The fourth-order valence-electron chi connectivity index (χ4n) is 2.86. The van der Waals surface area contributed by atoms with Gasteiger partial charge in [0, 0.05) is 25.3 Å². The monoisotopic (exact) mass is 395 g/mol. The summed E-state index contributed by atoms with van der Waals surface area (Å²) >= 11 is 0. The van der Waals surface area contributed by atoms with Crippen molar-refractivity contribution in [2.75, 3.05) is 25.6 Å². The molecule has 1 N–H and O–H groups in total. The maximum atomic E-state index is 12.2. The molecule has 2 aromatic rings. The smallest absolute Gasteiger partial charge is 0.271 e. The number of ether oxygens (including phenoxy) is 1. The number of carbonyl (C=O) groups is 1. The van der Waals surface area contributed by atoms with Gasteiger partial charge in [-0.1, -0.05) is 51.2 Å². The third-order valence-electron chi connectivity index (χ3n) is 4.67. The van der Waals surface area contributed by atoms with Gasteiger partial charge >= 0.3 is 0 Å². The van der Waals surface area contributed by atoms with E-state index in [2.05, 4.69) is 17.5 Å². The predicted molar refractivity (Wildman–Crippen MR) is 121 cm³/mol. The molecule has 156 valence electrons. The minimum absolute atomic E-state index is 0.242. The fourth-order valence-corrected chi connectivity index (χ4v) is 2.86. The molecule has 0 aliphatic rings. The lowest BCUT2D eigenvalue weighted by atomic mass is 10.1. The molecule has 0 fully saturated rings. The molecule has 0 bridgehead atoms. The normalized spacial score (nSPS) is 10.9. The fraction of sp³-hybridized carbons (Fsp3) is 0.417. The number of hydrazone groups is 1. The molecule has 2 aromatic carbocycles. The lowest BCUT2D eigenvalue weighted by molar-refractivity contribution is 0.0955. The lowest BCUT2D eigenvalue weighted by Crippen LogP contribution is -2.17.